The lowest BCUT2D eigenvalue weighted by molar-refractivity contribution is 0.248. The van der Waals surface area contributed by atoms with Crippen LogP contribution in [0.4, 0.5) is 4.39 Å². The number of rotatable bonds is 4. The van der Waals surface area contributed by atoms with Crippen LogP contribution in [-0.4, -0.2) is 6.04 Å². The summed E-state index contributed by atoms with van der Waals surface area (Å²) in [4.78, 5) is 0. The van der Waals surface area contributed by atoms with E-state index in [-0.39, 0.29) is 11.9 Å². The molecule has 2 bridgehead atoms. The average molecular weight is 275 g/mol. The summed E-state index contributed by atoms with van der Waals surface area (Å²) in [7, 11) is 0. The van der Waals surface area contributed by atoms with E-state index < -0.39 is 0 Å². The van der Waals surface area contributed by atoms with Gasteiger partial charge >= 0.3 is 0 Å². The summed E-state index contributed by atoms with van der Waals surface area (Å²) in [5.74, 6) is 2.65. The minimum Gasteiger partial charge on any atom is -0.307 e. The van der Waals surface area contributed by atoms with Crippen molar-refractivity contribution >= 4 is 0 Å². The zero-order valence-corrected chi connectivity index (χ0v) is 12.8. The third-order valence-electron chi connectivity index (χ3n) is 5.64. The van der Waals surface area contributed by atoms with E-state index in [4.69, 9.17) is 0 Å². The molecule has 1 aromatic carbocycles. The Morgan fingerprint density at radius 1 is 1.20 bits per heavy atom. The van der Waals surface area contributed by atoms with Crippen molar-refractivity contribution in [3.63, 3.8) is 0 Å². The van der Waals surface area contributed by atoms with Crippen molar-refractivity contribution < 1.29 is 4.39 Å². The van der Waals surface area contributed by atoms with Crippen LogP contribution in [0.2, 0.25) is 0 Å². The van der Waals surface area contributed by atoms with E-state index in [1.54, 1.807) is 6.07 Å². The van der Waals surface area contributed by atoms with E-state index in [0.717, 1.165) is 28.9 Å². The van der Waals surface area contributed by atoms with Crippen molar-refractivity contribution in [1.29, 1.82) is 0 Å². The smallest absolute Gasteiger partial charge is 0.126 e. The molecular formula is C18H26FN. The Morgan fingerprint density at radius 3 is 2.60 bits per heavy atom. The van der Waals surface area contributed by atoms with Crippen molar-refractivity contribution in [2.45, 2.75) is 58.5 Å². The van der Waals surface area contributed by atoms with Gasteiger partial charge in [-0.3, -0.25) is 0 Å². The molecule has 2 saturated carbocycles. The van der Waals surface area contributed by atoms with Crippen molar-refractivity contribution in [2.24, 2.45) is 17.8 Å². The monoisotopic (exact) mass is 275 g/mol. The highest BCUT2D eigenvalue weighted by Gasteiger charge is 2.41. The number of hydrogen-bond acceptors (Lipinski definition) is 1. The standard InChI is InChI=1S/C18H26FN/c1-11-4-6-15(10-18(11)19)12(2)20-13(3)17-9-14-5-7-16(17)8-14/h4,6,10,12-14,16-17,20H,5,7-9H2,1-3H3. The van der Waals surface area contributed by atoms with Crippen LogP contribution in [-0.2, 0) is 0 Å². The van der Waals surface area contributed by atoms with E-state index in [9.17, 15) is 4.39 Å². The normalized spacial score (nSPS) is 31.5. The third kappa shape index (κ3) is 2.63. The third-order valence-corrected chi connectivity index (χ3v) is 5.64. The molecule has 1 aromatic rings. The fraction of sp³-hybridized carbons (Fsp3) is 0.667. The van der Waals surface area contributed by atoms with Gasteiger partial charge in [-0.25, -0.2) is 4.39 Å². The van der Waals surface area contributed by atoms with Gasteiger partial charge in [0.05, 0.1) is 0 Å². The molecule has 0 spiro atoms. The van der Waals surface area contributed by atoms with Crippen LogP contribution in [0, 0.1) is 30.5 Å². The highest BCUT2D eigenvalue weighted by Crippen LogP contribution is 2.49. The highest BCUT2D eigenvalue weighted by atomic mass is 19.1. The molecule has 0 radical (unpaired) electrons. The Balaban J connectivity index is 1.63. The van der Waals surface area contributed by atoms with E-state index in [0.29, 0.717) is 6.04 Å². The van der Waals surface area contributed by atoms with Gasteiger partial charge in [-0.05, 0) is 75.0 Å². The van der Waals surface area contributed by atoms with Gasteiger partial charge in [0.25, 0.3) is 0 Å². The van der Waals surface area contributed by atoms with Gasteiger partial charge in [0.2, 0.25) is 0 Å². The van der Waals surface area contributed by atoms with Crippen molar-refractivity contribution in [1.82, 2.24) is 5.32 Å². The highest BCUT2D eigenvalue weighted by molar-refractivity contribution is 5.25. The topological polar surface area (TPSA) is 12.0 Å². The second kappa shape index (κ2) is 5.48. The average Bonchev–Trinajstić information content (AvgIpc) is 3.04. The molecule has 0 aromatic heterocycles. The second-order valence-corrected chi connectivity index (χ2v) is 7.02. The maximum Gasteiger partial charge on any atom is 0.126 e. The predicted octanol–water partition coefficient (Wildman–Crippen LogP) is 4.61. The molecule has 0 aliphatic heterocycles. The lowest BCUT2D eigenvalue weighted by atomic mass is 9.83. The number of halogens is 1. The molecule has 2 aliphatic carbocycles. The molecule has 2 aliphatic rings. The molecule has 2 heteroatoms. The Hall–Kier alpha value is -0.890. The first kappa shape index (κ1) is 14.1. The van der Waals surface area contributed by atoms with E-state index >= 15 is 0 Å². The van der Waals surface area contributed by atoms with Gasteiger partial charge in [0.1, 0.15) is 5.82 Å². The predicted molar refractivity (Wildman–Crippen MR) is 81.1 cm³/mol. The molecular weight excluding hydrogens is 249 g/mol. The van der Waals surface area contributed by atoms with Crippen LogP contribution >= 0.6 is 0 Å². The summed E-state index contributed by atoms with van der Waals surface area (Å²) in [6, 6.07) is 6.36. The van der Waals surface area contributed by atoms with Crippen molar-refractivity contribution in [2.75, 3.05) is 0 Å². The first-order chi connectivity index (χ1) is 9.54. The first-order valence-electron chi connectivity index (χ1n) is 8.06. The number of aryl methyl sites for hydroxylation is 1. The number of hydrogen-bond donors (Lipinski definition) is 1. The van der Waals surface area contributed by atoms with E-state index in [2.05, 4.69) is 19.2 Å². The minimum absolute atomic E-state index is 0.0938. The molecule has 0 heterocycles. The minimum atomic E-state index is -0.0938. The van der Waals surface area contributed by atoms with Crippen LogP contribution in [0.5, 0.6) is 0 Å². The SMILES string of the molecule is Cc1ccc(C(C)NC(C)C2CC3CCC2C3)cc1F. The number of benzene rings is 1. The van der Waals surface area contributed by atoms with Crippen LogP contribution in [0.1, 0.15) is 56.7 Å². The molecule has 3 rings (SSSR count). The Kier molecular flexibility index (Phi) is 3.85. The summed E-state index contributed by atoms with van der Waals surface area (Å²) in [6.07, 6.45) is 5.72. The van der Waals surface area contributed by atoms with Crippen LogP contribution in [0.3, 0.4) is 0 Å². The fourth-order valence-corrected chi connectivity index (χ4v) is 4.40. The summed E-state index contributed by atoms with van der Waals surface area (Å²) in [5.41, 5.74) is 1.78. The van der Waals surface area contributed by atoms with E-state index in [1.165, 1.54) is 25.7 Å². The van der Waals surface area contributed by atoms with Crippen molar-refractivity contribution in [3.05, 3.63) is 35.1 Å². The zero-order valence-electron chi connectivity index (χ0n) is 12.8. The fourth-order valence-electron chi connectivity index (χ4n) is 4.40. The van der Waals surface area contributed by atoms with E-state index in [1.807, 2.05) is 19.1 Å². The molecule has 1 nitrogen and oxygen atoms in total. The van der Waals surface area contributed by atoms with Gasteiger partial charge in [-0.15, -0.1) is 0 Å². The molecule has 1 N–H and O–H groups in total. The van der Waals surface area contributed by atoms with Crippen LogP contribution < -0.4 is 5.32 Å². The Bertz CT molecular complexity index is 484. The van der Waals surface area contributed by atoms with Crippen molar-refractivity contribution in [3.8, 4) is 0 Å². The van der Waals surface area contributed by atoms with Gasteiger partial charge in [-0.2, -0.15) is 0 Å². The van der Waals surface area contributed by atoms with Gasteiger partial charge in [-0.1, -0.05) is 18.6 Å². The Labute approximate surface area is 122 Å². The molecule has 0 amide bonds. The zero-order chi connectivity index (χ0) is 14.3. The summed E-state index contributed by atoms with van der Waals surface area (Å²) >= 11 is 0. The molecule has 2 fully saturated rings. The van der Waals surface area contributed by atoms with Crippen LogP contribution in [0.25, 0.3) is 0 Å². The van der Waals surface area contributed by atoms with Crippen LogP contribution in [0.15, 0.2) is 18.2 Å². The summed E-state index contributed by atoms with van der Waals surface area (Å²) in [6.45, 7) is 6.27. The van der Waals surface area contributed by atoms with Gasteiger partial charge in [0, 0.05) is 12.1 Å². The van der Waals surface area contributed by atoms with Gasteiger partial charge < -0.3 is 5.32 Å². The number of nitrogens with one attached hydrogen (secondary N) is 1. The molecule has 5 unspecified atom stereocenters. The molecule has 0 saturated heterocycles. The van der Waals surface area contributed by atoms with Gasteiger partial charge in [0.15, 0.2) is 0 Å². The summed E-state index contributed by atoms with van der Waals surface area (Å²) in [5, 5.41) is 3.70. The largest absolute Gasteiger partial charge is 0.307 e. The maximum atomic E-state index is 13.7. The lowest BCUT2D eigenvalue weighted by Gasteiger charge is -2.31. The number of fused-ring (bicyclic) bond motifs is 2. The first-order valence-corrected chi connectivity index (χ1v) is 8.06. The maximum absolute atomic E-state index is 13.7. The quantitative estimate of drug-likeness (QED) is 0.846. The second-order valence-electron chi connectivity index (χ2n) is 7.02. The molecule has 20 heavy (non-hydrogen) atoms. The lowest BCUT2D eigenvalue weighted by Crippen LogP contribution is -2.37. The Morgan fingerprint density at radius 2 is 2.00 bits per heavy atom. The molecule has 110 valence electrons. The molecule has 5 atom stereocenters. The summed E-state index contributed by atoms with van der Waals surface area (Å²) < 4.78 is 13.7.